The Balaban J connectivity index is 1.98. The fourth-order valence-corrected chi connectivity index (χ4v) is 1.88. The molecule has 5 nitrogen and oxygen atoms in total. The van der Waals surface area contributed by atoms with Gasteiger partial charge in [0.2, 0.25) is 0 Å². The molecule has 1 aliphatic rings. The van der Waals surface area contributed by atoms with Gasteiger partial charge < -0.3 is 10.0 Å². The Labute approximate surface area is 106 Å². The van der Waals surface area contributed by atoms with Crippen molar-refractivity contribution >= 4 is 17.7 Å². The molecule has 2 amide bonds. The second-order valence-electron chi connectivity index (χ2n) is 4.62. The number of benzene rings is 1. The predicted octanol–water partition coefficient (Wildman–Crippen LogP) is 1.57. The number of carbonyl (C=O) groups excluding carboxylic acids is 1. The Morgan fingerprint density at radius 1 is 1.28 bits per heavy atom. The monoisotopic (exact) mass is 248 g/mol. The van der Waals surface area contributed by atoms with Crippen molar-refractivity contribution in [2.45, 2.75) is 6.92 Å². The molecule has 96 valence electrons. The third kappa shape index (κ3) is 2.30. The van der Waals surface area contributed by atoms with E-state index < -0.39 is 11.9 Å². The summed E-state index contributed by atoms with van der Waals surface area (Å²) in [5.74, 6) is -1.25. The summed E-state index contributed by atoms with van der Waals surface area (Å²) in [5, 5.41) is 8.77. The van der Waals surface area contributed by atoms with Crippen LogP contribution in [0.2, 0.25) is 0 Å². The summed E-state index contributed by atoms with van der Waals surface area (Å²) in [5.41, 5.74) is 1.94. The molecule has 1 fully saturated rings. The number of hydrogen-bond donors (Lipinski definition) is 1. The van der Waals surface area contributed by atoms with Crippen LogP contribution in [0.4, 0.5) is 10.5 Å². The first kappa shape index (κ1) is 12.4. The smallest absolute Gasteiger partial charge is 0.324 e. The van der Waals surface area contributed by atoms with Crippen molar-refractivity contribution in [1.29, 1.82) is 0 Å². The van der Waals surface area contributed by atoms with Crippen LogP contribution in [-0.4, -0.2) is 42.1 Å². The van der Waals surface area contributed by atoms with Crippen molar-refractivity contribution in [2.75, 3.05) is 25.0 Å². The Hall–Kier alpha value is -2.04. The third-order valence-corrected chi connectivity index (χ3v) is 3.21. The van der Waals surface area contributed by atoms with Crippen LogP contribution in [0.1, 0.15) is 5.56 Å². The number of rotatable bonds is 2. The second-order valence-corrected chi connectivity index (χ2v) is 4.62. The number of carboxylic acids is 1. The molecule has 0 aliphatic carbocycles. The molecule has 1 aromatic carbocycles. The molecule has 18 heavy (non-hydrogen) atoms. The minimum atomic E-state index is -0.836. The van der Waals surface area contributed by atoms with E-state index in [0.717, 1.165) is 11.3 Å². The average molecular weight is 248 g/mol. The molecular formula is C13H16N2O3. The molecule has 1 saturated heterocycles. The number of nitrogens with zero attached hydrogens (tertiary/aromatic N) is 2. The minimum Gasteiger partial charge on any atom is -0.481 e. The van der Waals surface area contributed by atoms with Crippen LogP contribution in [0, 0.1) is 12.8 Å². The number of aryl methyl sites for hydroxylation is 1. The number of hydrogen-bond acceptors (Lipinski definition) is 2. The molecular weight excluding hydrogens is 232 g/mol. The SMILES string of the molecule is Cc1ccc(N(C)C(=O)N2CC(C(=O)O)C2)cc1. The zero-order valence-electron chi connectivity index (χ0n) is 10.5. The number of likely N-dealkylation sites (tertiary alicyclic amines) is 1. The van der Waals surface area contributed by atoms with Gasteiger partial charge in [-0.15, -0.1) is 0 Å². The van der Waals surface area contributed by atoms with Crippen molar-refractivity contribution < 1.29 is 14.7 Å². The molecule has 0 aromatic heterocycles. The lowest BCUT2D eigenvalue weighted by Crippen LogP contribution is -2.56. The number of urea groups is 1. The van der Waals surface area contributed by atoms with Crippen molar-refractivity contribution in [2.24, 2.45) is 5.92 Å². The van der Waals surface area contributed by atoms with E-state index in [9.17, 15) is 9.59 Å². The van der Waals surface area contributed by atoms with E-state index in [4.69, 9.17) is 5.11 Å². The Bertz CT molecular complexity index is 464. The predicted molar refractivity (Wildman–Crippen MR) is 67.7 cm³/mol. The Morgan fingerprint density at radius 2 is 1.83 bits per heavy atom. The van der Waals surface area contributed by atoms with Gasteiger partial charge in [-0.1, -0.05) is 17.7 Å². The van der Waals surface area contributed by atoms with Gasteiger partial charge in [0.1, 0.15) is 0 Å². The average Bonchev–Trinajstić information content (AvgIpc) is 2.26. The number of carbonyl (C=O) groups is 2. The van der Waals surface area contributed by atoms with Crippen molar-refractivity contribution in [3.63, 3.8) is 0 Å². The lowest BCUT2D eigenvalue weighted by atomic mass is 10.0. The highest BCUT2D eigenvalue weighted by Gasteiger charge is 2.37. The molecule has 0 radical (unpaired) electrons. The van der Waals surface area contributed by atoms with E-state index >= 15 is 0 Å². The van der Waals surface area contributed by atoms with Gasteiger partial charge in [-0.25, -0.2) is 4.79 Å². The molecule has 1 aromatic rings. The molecule has 5 heteroatoms. The van der Waals surface area contributed by atoms with Gasteiger partial charge in [-0.2, -0.15) is 0 Å². The summed E-state index contributed by atoms with van der Waals surface area (Å²) in [6.07, 6.45) is 0. The highest BCUT2D eigenvalue weighted by molar-refractivity contribution is 5.93. The molecule has 0 bridgehead atoms. The lowest BCUT2D eigenvalue weighted by molar-refractivity contribution is -0.145. The summed E-state index contributed by atoms with van der Waals surface area (Å²) in [4.78, 5) is 25.8. The Kier molecular flexibility index (Phi) is 3.23. The first-order valence-electron chi connectivity index (χ1n) is 5.81. The summed E-state index contributed by atoms with van der Waals surface area (Å²) in [6, 6.07) is 7.48. The molecule has 0 saturated carbocycles. The fraction of sp³-hybridized carbons (Fsp3) is 0.385. The first-order valence-corrected chi connectivity index (χ1v) is 5.81. The summed E-state index contributed by atoms with van der Waals surface area (Å²) < 4.78 is 0. The maximum absolute atomic E-state index is 12.0. The van der Waals surface area contributed by atoms with E-state index in [1.165, 1.54) is 4.90 Å². The topological polar surface area (TPSA) is 60.9 Å². The normalized spacial score (nSPS) is 15.1. The summed E-state index contributed by atoms with van der Waals surface area (Å²) >= 11 is 0. The number of aliphatic carboxylic acids is 1. The number of carboxylic acid groups (broad SMARTS) is 1. The minimum absolute atomic E-state index is 0.156. The van der Waals surface area contributed by atoms with Crippen LogP contribution in [0.25, 0.3) is 0 Å². The van der Waals surface area contributed by atoms with Gasteiger partial charge in [0.25, 0.3) is 0 Å². The standard InChI is InChI=1S/C13H16N2O3/c1-9-3-5-11(6-4-9)14(2)13(18)15-7-10(8-15)12(16)17/h3-6,10H,7-8H2,1-2H3,(H,16,17). The van der Waals surface area contributed by atoms with Crippen LogP contribution < -0.4 is 4.90 Å². The van der Waals surface area contributed by atoms with Crippen LogP contribution in [0.3, 0.4) is 0 Å². The fourth-order valence-electron chi connectivity index (χ4n) is 1.88. The first-order chi connectivity index (χ1) is 8.49. The molecule has 0 spiro atoms. The molecule has 2 rings (SSSR count). The molecule has 1 aliphatic heterocycles. The quantitative estimate of drug-likeness (QED) is 0.864. The van der Waals surface area contributed by atoms with E-state index in [0.29, 0.717) is 13.1 Å². The van der Waals surface area contributed by atoms with Gasteiger partial charge in [0.05, 0.1) is 5.92 Å². The van der Waals surface area contributed by atoms with E-state index in [1.807, 2.05) is 31.2 Å². The van der Waals surface area contributed by atoms with Gasteiger partial charge in [0.15, 0.2) is 0 Å². The molecule has 1 heterocycles. The zero-order chi connectivity index (χ0) is 13.3. The Morgan fingerprint density at radius 3 is 2.33 bits per heavy atom. The van der Waals surface area contributed by atoms with Gasteiger partial charge in [0, 0.05) is 25.8 Å². The number of amides is 2. The highest BCUT2D eigenvalue weighted by atomic mass is 16.4. The summed E-state index contributed by atoms with van der Waals surface area (Å²) in [6.45, 7) is 2.58. The third-order valence-electron chi connectivity index (χ3n) is 3.21. The maximum atomic E-state index is 12.0. The largest absolute Gasteiger partial charge is 0.481 e. The molecule has 1 N–H and O–H groups in total. The maximum Gasteiger partial charge on any atom is 0.324 e. The molecule has 0 unspecified atom stereocenters. The number of anilines is 1. The van der Waals surface area contributed by atoms with E-state index in [2.05, 4.69) is 0 Å². The van der Waals surface area contributed by atoms with Gasteiger partial charge in [-0.3, -0.25) is 9.69 Å². The van der Waals surface area contributed by atoms with Gasteiger partial charge >= 0.3 is 12.0 Å². The summed E-state index contributed by atoms with van der Waals surface area (Å²) in [7, 11) is 1.70. The lowest BCUT2D eigenvalue weighted by Gasteiger charge is -2.38. The van der Waals surface area contributed by atoms with Crippen LogP contribution in [0.15, 0.2) is 24.3 Å². The van der Waals surface area contributed by atoms with Crippen LogP contribution in [-0.2, 0) is 4.79 Å². The van der Waals surface area contributed by atoms with Crippen LogP contribution >= 0.6 is 0 Å². The van der Waals surface area contributed by atoms with Crippen molar-refractivity contribution in [3.05, 3.63) is 29.8 Å². The van der Waals surface area contributed by atoms with Crippen LogP contribution in [0.5, 0.6) is 0 Å². The van der Waals surface area contributed by atoms with Crippen molar-refractivity contribution in [3.8, 4) is 0 Å². The van der Waals surface area contributed by atoms with Crippen molar-refractivity contribution in [1.82, 2.24) is 4.90 Å². The highest BCUT2D eigenvalue weighted by Crippen LogP contribution is 2.21. The van der Waals surface area contributed by atoms with Gasteiger partial charge in [-0.05, 0) is 19.1 Å². The van der Waals surface area contributed by atoms with E-state index in [1.54, 1.807) is 11.9 Å². The second kappa shape index (κ2) is 4.68. The van der Waals surface area contributed by atoms with E-state index in [-0.39, 0.29) is 6.03 Å². The zero-order valence-corrected chi connectivity index (χ0v) is 10.5. The molecule has 0 atom stereocenters.